The summed E-state index contributed by atoms with van der Waals surface area (Å²) in [5, 5.41) is 8.59. The Morgan fingerprint density at radius 1 is 1.29 bits per heavy atom. The number of carbonyl (C=O) groups excluding carboxylic acids is 2. The fraction of sp³-hybridized carbons (Fsp3) is 0.591. The van der Waals surface area contributed by atoms with Crippen LogP contribution in [0, 0.1) is 0 Å². The summed E-state index contributed by atoms with van der Waals surface area (Å²) in [5.41, 5.74) is 1.60. The molecule has 3 heterocycles. The molecule has 170 valence electrons. The Morgan fingerprint density at radius 2 is 2.03 bits per heavy atom. The van der Waals surface area contributed by atoms with Gasteiger partial charge in [0.25, 0.3) is 5.91 Å². The molecule has 9 nitrogen and oxygen atoms in total. The number of rotatable bonds is 5. The van der Waals surface area contributed by atoms with Gasteiger partial charge in [-0.3, -0.25) is 19.8 Å². The van der Waals surface area contributed by atoms with Gasteiger partial charge in [0.15, 0.2) is 0 Å². The molecule has 9 heteroatoms. The van der Waals surface area contributed by atoms with Crippen molar-refractivity contribution in [3.8, 4) is 0 Å². The molecule has 2 aliphatic heterocycles. The first-order chi connectivity index (χ1) is 14.8. The zero-order valence-electron chi connectivity index (χ0n) is 18.4. The molecule has 1 aromatic heterocycles. The molecule has 0 aliphatic carbocycles. The molecule has 0 radical (unpaired) electrons. The normalized spacial score (nSPS) is 20.7. The Labute approximate surface area is 183 Å². The van der Waals surface area contributed by atoms with Gasteiger partial charge >= 0.3 is 6.09 Å². The third kappa shape index (κ3) is 6.49. The Kier molecular flexibility index (Phi) is 7.64. The summed E-state index contributed by atoms with van der Waals surface area (Å²) in [6, 6.07) is 3.97. The first kappa shape index (κ1) is 23.2. The predicted molar refractivity (Wildman–Crippen MR) is 116 cm³/mol. The van der Waals surface area contributed by atoms with Crippen molar-refractivity contribution in [3.05, 3.63) is 30.0 Å². The molecular formula is C22H32N4O5. The van der Waals surface area contributed by atoms with Gasteiger partial charge in [-0.2, -0.15) is 0 Å². The second-order valence-corrected chi connectivity index (χ2v) is 8.89. The zero-order chi connectivity index (χ0) is 22.4. The number of amides is 2. The van der Waals surface area contributed by atoms with Crippen LogP contribution in [-0.2, 0) is 14.3 Å². The van der Waals surface area contributed by atoms with Gasteiger partial charge in [0.05, 0.1) is 6.04 Å². The molecule has 1 aromatic rings. The number of nitrogens with one attached hydrogen (secondary N) is 1. The van der Waals surface area contributed by atoms with Crippen LogP contribution < -0.4 is 10.4 Å². The van der Waals surface area contributed by atoms with E-state index in [0.717, 1.165) is 45.6 Å². The molecule has 2 amide bonds. The molecule has 0 spiro atoms. The number of likely N-dealkylation sites (tertiary alicyclic amines) is 1. The van der Waals surface area contributed by atoms with Crippen LogP contribution in [0.5, 0.6) is 0 Å². The van der Waals surface area contributed by atoms with E-state index in [2.05, 4.69) is 9.88 Å². The average Bonchev–Trinajstić information content (AvgIpc) is 3.22. The number of hydrogen-bond acceptors (Lipinski definition) is 7. The van der Waals surface area contributed by atoms with Crippen molar-refractivity contribution in [1.82, 2.24) is 15.4 Å². The van der Waals surface area contributed by atoms with E-state index >= 15 is 0 Å². The highest BCUT2D eigenvalue weighted by atomic mass is 16.6. The topological polar surface area (TPSA) is 104 Å². The number of aromatic nitrogens is 1. The van der Waals surface area contributed by atoms with Crippen LogP contribution in [0.3, 0.4) is 0 Å². The molecule has 0 saturated carbocycles. The van der Waals surface area contributed by atoms with Crippen molar-refractivity contribution in [1.29, 1.82) is 0 Å². The third-order valence-corrected chi connectivity index (χ3v) is 5.41. The number of anilines is 1. The summed E-state index contributed by atoms with van der Waals surface area (Å²) in [7, 11) is 0. The van der Waals surface area contributed by atoms with Crippen molar-refractivity contribution in [2.24, 2.45) is 0 Å². The van der Waals surface area contributed by atoms with Crippen molar-refractivity contribution < 1.29 is 24.3 Å². The molecule has 3 rings (SSSR count). The number of pyridine rings is 1. The van der Waals surface area contributed by atoms with Crippen molar-refractivity contribution >= 4 is 23.9 Å². The minimum absolute atomic E-state index is 0.0354. The maximum Gasteiger partial charge on any atom is 0.416 e. The van der Waals surface area contributed by atoms with Gasteiger partial charge in [-0.05, 0) is 63.8 Å². The maximum atomic E-state index is 13.1. The highest BCUT2D eigenvalue weighted by Crippen LogP contribution is 2.27. The molecule has 0 unspecified atom stereocenters. The van der Waals surface area contributed by atoms with Crippen LogP contribution in [0.4, 0.5) is 10.6 Å². The lowest BCUT2D eigenvalue weighted by molar-refractivity contribution is -0.124. The quantitative estimate of drug-likeness (QED) is 0.419. The van der Waals surface area contributed by atoms with E-state index in [9.17, 15) is 9.59 Å². The number of ether oxygens (including phenoxy) is 2. The highest BCUT2D eigenvalue weighted by molar-refractivity contribution is 5.91. The fourth-order valence-electron chi connectivity index (χ4n) is 3.95. The standard InChI is InChI=1S/C22H32N4O5/c1-22(2,3)31-21(28)26(18-8-11-25(15-18)17-9-12-30-13-10-17)19-6-4-16(14-23-19)5-7-20(27)24-29/h4-7,14,17-18,29H,8-13,15H2,1-3H3,(H,24,27)/b7-5+/t18-/m1/s1. The van der Waals surface area contributed by atoms with Crippen LogP contribution >= 0.6 is 0 Å². The smallest absolute Gasteiger partial charge is 0.416 e. The van der Waals surface area contributed by atoms with Crippen molar-refractivity contribution in [2.45, 2.75) is 57.7 Å². The van der Waals surface area contributed by atoms with E-state index in [0.29, 0.717) is 17.4 Å². The van der Waals surface area contributed by atoms with Crippen molar-refractivity contribution in [3.63, 3.8) is 0 Å². The summed E-state index contributed by atoms with van der Waals surface area (Å²) in [6.45, 7) is 8.80. The van der Waals surface area contributed by atoms with Gasteiger partial charge in [0.2, 0.25) is 0 Å². The van der Waals surface area contributed by atoms with Crippen molar-refractivity contribution in [2.75, 3.05) is 31.2 Å². The molecule has 1 atom stereocenters. The fourth-order valence-corrected chi connectivity index (χ4v) is 3.95. The molecule has 0 bridgehead atoms. The van der Waals surface area contributed by atoms with Crippen LogP contribution in [-0.4, -0.2) is 71.1 Å². The Balaban J connectivity index is 1.77. The van der Waals surface area contributed by atoms with Gasteiger partial charge in [-0.25, -0.2) is 15.3 Å². The van der Waals surface area contributed by atoms with E-state index < -0.39 is 17.6 Å². The molecule has 2 aliphatic rings. The summed E-state index contributed by atoms with van der Waals surface area (Å²) in [6.07, 6.45) is 6.77. The lowest BCUT2D eigenvalue weighted by atomic mass is 10.1. The average molecular weight is 433 g/mol. The lowest BCUT2D eigenvalue weighted by Crippen LogP contribution is -2.46. The highest BCUT2D eigenvalue weighted by Gasteiger charge is 2.37. The van der Waals surface area contributed by atoms with Gasteiger partial charge in [-0.1, -0.05) is 0 Å². The summed E-state index contributed by atoms with van der Waals surface area (Å²) >= 11 is 0. The van der Waals surface area contributed by atoms with E-state index in [1.807, 2.05) is 20.8 Å². The Morgan fingerprint density at radius 3 is 2.65 bits per heavy atom. The van der Waals surface area contributed by atoms with E-state index in [4.69, 9.17) is 14.7 Å². The molecule has 31 heavy (non-hydrogen) atoms. The molecule has 2 fully saturated rings. The molecule has 0 aromatic carbocycles. The number of hydroxylamine groups is 1. The van der Waals surface area contributed by atoms with E-state index in [1.54, 1.807) is 28.7 Å². The zero-order valence-corrected chi connectivity index (χ0v) is 18.4. The van der Waals surface area contributed by atoms with Gasteiger partial charge < -0.3 is 9.47 Å². The Bertz CT molecular complexity index is 784. The second-order valence-electron chi connectivity index (χ2n) is 8.89. The largest absolute Gasteiger partial charge is 0.443 e. The molecule has 2 N–H and O–H groups in total. The predicted octanol–water partition coefficient (Wildman–Crippen LogP) is 2.60. The van der Waals surface area contributed by atoms with Gasteiger partial charge in [0.1, 0.15) is 11.4 Å². The second kappa shape index (κ2) is 10.2. The third-order valence-electron chi connectivity index (χ3n) is 5.41. The summed E-state index contributed by atoms with van der Waals surface area (Å²) < 4.78 is 11.2. The van der Waals surface area contributed by atoms with Crippen LogP contribution in [0.25, 0.3) is 6.08 Å². The Hall–Kier alpha value is -2.49. The van der Waals surface area contributed by atoms with Gasteiger partial charge in [-0.15, -0.1) is 0 Å². The maximum absolute atomic E-state index is 13.1. The van der Waals surface area contributed by atoms with Crippen LogP contribution in [0.15, 0.2) is 24.4 Å². The number of carbonyl (C=O) groups is 2. The number of nitrogens with zero attached hydrogens (tertiary/aromatic N) is 3. The lowest BCUT2D eigenvalue weighted by Gasteiger charge is -2.33. The monoisotopic (exact) mass is 432 g/mol. The van der Waals surface area contributed by atoms with Crippen LogP contribution in [0.1, 0.15) is 45.6 Å². The molecular weight excluding hydrogens is 400 g/mol. The van der Waals surface area contributed by atoms with Crippen LogP contribution in [0.2, 0.25) is 0 Å². The van der Waals surface area contributed by atoms with E-state index in [-0.39, 0.29) is 6.04 Å². The minimum atomic E-state index is -0.626. The number of hydrogen-bond donors (Lipinski definition) is 2. The summed E-state index contributed by atoms with van der Waals surface area (Å²) in [4.78, 5) is 32.8. The summed E-state index contributed by atoms with van der Waals surface area (Å²) in [5.74, 6) is -0.115. The van der Waals surface area contributed by atoms with Gasteiger partial charge in [0, 0.05) is 44.6 Å². The minimum Gasteiger partial charge on any atom is -0.443 e. The SMILES string of the molecule is CC(C)(C)OC(=O)N(c1ccc(/C=C/C(=O)NO)cn1)[C@@H]1CCN(C2CCOCC2)C1. The first-order valence-corrected chi connectivity index (χ1v) is 10.7. The first-order valence-electron chi connectivity index (χ1n) is 10.7. The van der Waals surface area contributed by atoms with E-state index in [1.165, 1.54) is 12.2 Å². The molecule has 2 saturated heterocycles.